The summed E-state index contributed by atoms with van der Waals surface area (Å²) in [5.41, 5.74) is -0.376. The lowest BCUT2D eigenvalue weighted by Crippen LogP contribution is -2.53. The summed E-state index contributed by atoms with van der Waals surface area (Å²) in [4.78, 5) is 0. The molecule has 2 aliphatic carbocycles. The smallest absolute Gasteiger partial charge is 0.0725 e. The molecule has 0 atom stereocenters. The molecule has 2 aliphatic rings. The third-order valence-corrected chi connectivity index (χ3v) is 4.68. The van der Waals surface area contributed by atoms with Crippen LogP contribution in [0.5, 0.6) is 0 Å². The van der Waals surface area contributed by atoms with E-state index in [0.29, 0.717) is 12.0 Å². The monoisotopic (exact) mass is 212 g/mol. The fourth-order valence-electron chi connectivity index (χ4n) is 3.34. The van der Waals surface area contributed by atoms with E-state index >= 15 is 0 Å². The molecule has 0 aromatic rings. The van der Waals surface area contributed by atoms with Crippen LogP contribution in [0.3, 0.4) is 0 Å². The minimum absolute atomic E-state index is 0.318. The van der Waals surface area contributed by atoms with Crippen molar-refractivity contribution in [1.29, 1.82) is 0 Å². The van der Waals surface area contributed by atoms with Crippen molar-refractivity contribution in [2.24, 2.45) is 11.8 Å². The summed E-state index contributed by atoms with van der Waals surface area (Å²) < 4.78 is 5.25. The molecule has 0 radical (unpaired) electrons. The number of hydrogen-bond donors (Lipinski definition) is 1. The molecular formula is C13H24O2. The zero-order valence-electron chi connectivity index (χ0n) is 10.0. The van der Waals surface area contributed by atoms with E-state index in [0.717, 1.165) is 18.8 Å². The van der Waals surface area contributed by atoms with Crippen LogP contribution in [0.25, 0.3) is 0 Å². The highest BCUT2D eigenvalue weighted by molar-refractivity contribution is 5.00. The fourth-order valence-corrected chi connectivity index (χ4v) is 3.34. The van der Waals surface area contributed by atoms with E-state index in [-0.39, 0.29) is 5.60 Å². The largest absolute Gasteiger partial charge is 0.389 e. The molecule has 2 heteroatoms. The van der Waals surface area contributed by atoms with E-state index in [1.807, 2.05) is 0 Å². The van der Waals surface area contributed by atoms with E-state index in [1.54, 1.807) is 7.11 Å². The highest BCUT2D eigenvalue weighted by Gasteiger charge is 2.48. The van der Waals surface area contributed by atoms with Crippen LogP contribution >= 0.6 is 0 Å². The van der Waals surface area contributed by atoms with Gasteiger partial charge in [0.25, 0.3) is 0 Å². The Balaban J connectivity index is 1.81. The van der Waals surface area contributed by atoms with Crippen LogP contribution in [0.2, 0.25) is 0 Å². The second-order valence-electron chi connectivity index (χ2n) is 5.50. The zero-order valence-corrected chi connectivity index (χ0v) is 10.0. The summed E-state index contributed by atoms with van der Waals surface area (Å²) in [5, 5.41) is 10.4. The van der Waals surface area contributed by atoms with Crippen molar-refractivity contribution in [2.75, 3.05) is 7.11 Å². The van der Waals surface area contributed by atoms with Gasteiger partial charge in [-0.3, -0.25) is 0 Å². The molecule has 15 heavy (non-hydrogen) atoms. The maximum atomic E-state index is 10.4. The zero-order chi connectivity index (χ0) is 10.9. The third kappa shape index (κ3) is 2.21. The molecule has 2 rings (SSSR count). The van der Waals surface area contributed by atoms with Gasteiger partial charge in [0, 0.05) is 20.0 Å². The van der Waals surface area contributed by atoms with Gasteiger partial charge in [-0.1, -0.05) is 26.2 Å². The van der Waals surface area contributed by atoms with Crippen LogP contribution in [-0.4, -0.2) is 23.9 Å². The Morgan fingerprint density at radius 1 is 1.20 bits per heavy atom. The molecule has 2 nitrogen and oxygen atoms in total. The Morgan fingerprint density at radius 3 is 2.27 bits per heavy atom. The van der Waals surface area contributed by atoms with Gasteiger partial charge in [0.1, 0.15) is 0 Å². The van der Waals surface area contributed by atoms with Gasteiger partial charge in [-0.05, 0) is 24.7 Å². The Hall–Kier alpha value is -0.0800. The molecule has 2 saturated carbocycles. The Labute approximate surface area is 93.0 Å². The molecule has 0 saturated heterocycles. The second-order valence-corrected chi connectivity index (χ2v) is 5.50. The maximum Gasteiger partial charge on any atom is 0.0725 e. The molecule has 0 aromatic carbocycles. The summed E-state index contributed by atoms with van der Waals surface area (Å²) in [6, 6.07) is 0. The normalized spacial score (nSPS) is 46.2. The highest BCUT2D eigenvalue weighted by Crippen LogP contribution is 2.47. The van der Waals surface area contributed by atoms with Crippen molar-refractivity contribution in [3.05, 3.63) is 0 Å². The van der Waals surface area contributed by atoms with E-state index < -0.39 is 0 Å². The van der Waals surface area contributed by atoms with Crippen LogP contribution in [0.1, 0.15) is 51.9 Å². The average molecular weight is 212 g/mol. The van der Waals surface area contributed by atoms with Crippen molar-refractivity contribution in [3.8, 4) is 0 Å². The Kier molecular flexibility index (Phi) is 3.36. The van der Waals surface area contributed by atoms with Crippen molar-refractivity contribution in [1.82, 2.24) is 0 Å². The molecule has 2 fully saturated rings. The predicted octanol–water partition coefficient (Wildman–Crippen LogP) is 2.74. The first kappa shape index (κ1) is 11.4. The lowest BCUT2D eigenvalue weighted by molar-refractivity contribution is -0.166. The number of hydrogen-bond acceptors (Lipinski definition) is 2. The van der Waals surface area contributed by atoms with Crippen molar-refractivity contribution < 1.29 is 9.84 Å². The van der Waals surface area contributed by atoms with Crippen molar-refractivity contribution >= 4 is 0 Å². The minimum atomic E-state index is -0.376. The van der Waals surface area contributed by atoms with E-state index in [4.69, 9.17) is 4.74 Å². The lowest BCUT2D eigenvalue weighted by atomic mass is 9.63. The first-order chi connectivity index (χ1) is 7.18. The molecular weight excluding hydrogens is 188 g/mol. The van der Waals surface area contributed by atoms with E-state index in [9.17, 15) is 5.11 Å². The van der Waals surface area contributed by atoms with Gasteiger partial charge in [0.2, 0.25) is 0 Å². The predicted molar refractivity (Wildman–Crippen MR) is 60.7 cm³/mol. The van der Waals surface area contributed by atoms with Gasteiger partial charge >= 0.3 is 0 Å². The molecule has 0 unspecified atom stereocenters. The van der Waals surface area contributed by atoms with Gasteiger partial charge in [-0.15, -0.1) is 0 Å². The minimum Gasteiger partial charge on any atom is -0.389 e. The van der Waals surface area contributed by atoms with Crippen LogP contribution in [0, 0.1) is 11.8 Å². The fraction of sp³-hybridized carbons (Fsp3) is 1.00. The first-order valence-corrected chi connectivity index (χ1v) is 6.43. The summed E-state index contributed by atoms with van der Waals surface area (Å²) in [5.74, 6) is 1.47. The number of aliphatic hydroxyl groups is 1. The molecule has 88 valence electrons. The molecule has 0 spiro atoms. The van der Waals surface area contributed by atoms with Gasteiger partial charge in [0.15, 0.2) is 0 Å². The van der Waals surface area contributed by atoms with Crippen LogP contribution in [0.4, 0.5) is 0 Å². The maximum absolute atomic E-state index is 10.4. The number of rotatable bonds is 3. The van der Waals surface area contributed by atoms with Crippen LogP contribution < -0.4 is 0 Å². The summed E-state index contributed by atoms with van der Waals surface area (Å²) >= 11 is 0. The highest BCUT2D eigenvalue weighted by atomic mass is 16.5. The molecule has 0 aromatic heterocycles. The number of ether oxygens (including phenoxy) is 1. The van der Waals surface area contributed by atoms with Gasteiger partial charge in [0.05, 0.1) is 11.7 Å². The first-order valence-electron chi connectivity index (χ1n) is 6.43. The van der Waals surface area contributed by atoms with E-state index in [1.165, 1.54) is 32.1 Å². The average Bonchev–Trinajstić information content (AvgIpc) is 2.25. The van der Waals surface area contributed by atoms with Crippen molar-refractivity contribution in [3.63, 3.8) is 0 Å². The van der Waals surface area contributed by atoms with Crippen molar-refractivity contribution in [2.45, 2.75) is 63.6 Å². The van der Waals surface area contributed by atoms with Crippen LogP contribution in [-0.2, 0) is 4.74 Å². The molecule has 0 bridgehead atoms. The van der Waals surface area contributed by atoms with Gasteiger partial charge in [-0.25, -0.2) is 0 Å². The quantitative estimate of drug-likeness (QED) is 0.779. The molecule has 0 heterocycles. The molecule has 0 amide bonds. The molecule has 0 aliphatic heterocycles. The van der Waals surface area contributed by atoms with E-state index in [2.05, 4.69) is 6.92 Å². The third-order valence-electron chi connectivity index (χ3n) is 4.68. The topological polar surface area (TPSA) is 29.5 Å². The summed E-state index contributed by atoms with van der Waals surface area (Å²) in [7, 11) is 1.75. The van der Waals surface area contributed by atoms with Crippen LogP contribution in [0.15, 0.2) is 0 Å². The van der Waals surface area contributed by atoms with Gasteiger partial charge in [-0.2, -0.15) is 0 Å². The van der Waals surface area contributed by atoms with Gasteiger partial charge < -0.3 is 9.84 Å². The lowest BCUT2D eigenvalue weighted by Gasteiger charge is -2.49. The summed E-state index contributed by atoms with van der Waals surface area (Å²) in [6.45, 7) is 2.28. The second kappa shape index (κ2) is 4.42. The summed E-state index contributed by atoms with van der Waals surface area (Å²) in [6.07, 6.45) is 8.46. The number of methoxy groups -OCH3 is 1. The Morgan fingerprint density at radius 2 is 1.80 bits per heavy atom. The standard InChI is InChI=1S/C13H24O2/c1-3-10-4-6-11(7-5-10)13(14)8-12(9-13)15-2/h10-12,14H,3-9H2,1-2H3. The Bertz CT molecular complexity index is 201. The SMILES string of the molecule is CCC1CCC(C2(O)CC(OC)C2)CC1. The molecule has 1 N–H and O–H groups in total.